The van der Waals surface area contributed by atoms with Gasteiger partial charge in [-0.1, -0.05) is 19.8 Å². The van der Waals surface area contributed by atoms with E-state index in [9.17, 15) is 9.59 Å². The van der Waals surface area contributed by atoms with Crippen molar-refractivity contribution < 1.29 is 14.3 Å². The molecule has 34 heavy (non-hydrogen) atoms. The molecule has 5 rings (SSSR count). The number of methoxy groups -OCH3 is 1. The summed E-state index contributed by atoms with van der Waals surface area (Å²) in [6.45, 7) is 3.00. The van der Waals surface area contributed by atoms with Crippen molar-refractivity contribution >= 4 is 23.2 Å². The van der Waals surface area contributed by atoms with Crippen molar-refractivity contribution in [3.8, 4) is 5.75 Å². The Hall–Kier alpha value is -3.14. The largest absolute Gasteiger partial charge is 0.495 e. The third-order valence-electron chi connectivity index (χ3n) is 7.43. The third kappa shape index (κ3) is 3.89. The van der Waals surface area contributed by atoms with Gasteiger partial charge in [0.15, 0.2) is 0 Å². The van der Waals surface area contributed by atoms with E-state index in [0.717, 1.165) is 42.9 Å². The third-order valence-corrected chi connectivity index (χ3v) is 7.43. The number of amides is 2. The molecule has 0 saturated heterocycles. The SMILES string of the molecule is CCC1CN(C)C2=C(N[C@@](N)(Nc3cc4c(cc3OC)NC(=O)CC4)NC2=O)N1C1CCCC1. The lowest BCUT2D eigenvalue weighted by Gasteiger charge is -2.52. The quantitative estimate of drug-likeness (QED) is 0.410. The number of nitrogens with two attached hydrogens (primary N) is 1. The molecule has 1 aromatic rings. The average molecular weight is 470 g/mol. The number of nitrogens with one attached hydrogen (secondary N) is 4. The second kappa shape index (κ2) is 8.57. The zero-order valence-corrected chi connectivity index (χ0v) is 20.2. The molecule has 3 aliphatic heterocycles. The van der Waals surface area contributed by atoms with Gasteiger partial charge in [-0.25, -0.2) is 0 Å². The highest BCUT2D eigenvalue weighted by Gasteiger charge is 2.46. The average Bonchev–Trinajstić information content (AvgIpc) is 3.32. The highest BCUT2D eigenvalue weighted by Crippen LogP contribution is 2.37. The molecule has 1 saturated carbocycles. The lowest BCUT2D eigenvalue weighted by atomic mass is 10.0. The number of carbonyl (C=O) groups is 2. The van der Waals surface area contributed by atoms with Crippen LogP contribution in [0.15, 0.2) is 23.7 Å². The predicted octanol–water partition coefficient (Wildman–Crippen LogP) is 1.42. The Balaban J connectivity index is 1.49. The van der Waals surface area contributed by atoms with Gasteiger partial charge in [-0.3, -0.25) is 20.6 Å². The molecule has 10 nitrogen and oxygen atoms in total. The Labute approximate surface area is 200 Å². The Morgan fingerprint density at radius 3 is 2.68 bits per heavy atom. The second-order valence-corrected chi connectivity index (χ2v) is 9.76. The highest BCUT2D eigenvalue weighted by molar-refractivity contribution is 5.96. The van der Waals surface area contributed by atoms with E-state index < -0.39 is 5.91 Å². The minimum absolute atomic E-state index is 0.00913. The van der Waals surface area contributed by atoms with Crippen molar-refractivity contribution in [1.82, 2.24) is 20.4 Å². The van der Waals surface area contributed by atoms with Gasteiger partial charge in [-0.15, -0.1) is 0 Å². The fourth-order valence-electron chi connectivity index (χ4n) is 5.78. The topological polar surface area (TPSA) is 124 Å². The van der Waals surface area contributed by atoms with E-state index in [2.05, 4.69) is 33.1 Å². The van der Waals surface area contributed by atoms with Gasteiger partial charge in [0.25, 0.3) is 5.91 Å². The number of carbonyl (C=O) groups excluding carboxylic acids is 2. The van der Waals surface area contributed by atoms with Gasteiger partial charge >= 0.3 is 0 Å². The van der Waals surface area contributed by atoms with Crippen molar-refractivity contribution in [3.63, 3.8) is 0 Å². The summed E-state index contributed by atoms with van der Waals surface area (Å²) in [5, 5.41) is 12.5. The van der Waals surface area contributed by atoms with Gasteiger partial charge < -0.3 is 30.5 Å². The molecule has 0 bridgehead atoms. The molecule has 184 valence electrons. The van der Waals surface area contributed by atoms with Crippen LogP contribution < -0.4 is 31.7 Å². The van der Waals surface area contributed by atoms with E-state index >= 15 is 0 Å². The first-order valence-electron chi connectivity index (χ1n) is 12.2. The molecule has 0 radical (unpaired) electrons. The van der Waals surface area contributed by atoms with Gasteiger partial charge in [0.1, 0.15) is 17.3 Å². The van der Waals surface area contributed by atoms with Gasteiger partial charge in [0.2, 0.25) is 11.8 Å². The van der Waals surface area contributed by atoms with Gasteiger partial charge in [0.05, 0.1) is 12.8 Å². The number of hydrogen-bond donors (Lipinski definition) is 5. The van der Waals surface area contributed by atoms with Crippen LogP contribution in [0.25, 0.3) is 0 Å². The van der Waals surface area contributed by atoms with E-state index in [-0.39, 0.29) is 11.8 Å². The normalized spacial score (nSPS) is 27.0. The smallest absolute Gasteiger partial charge is 0.275 e. The lowest BCUT2D eigenvalue weighted by molar-refractivity contribution is -0.123. The van der Waals surface area contributed by atoms with Crippen molar-refractivity contribution in [1.29, 1.82) is 0 Å². The number of rotatable bonds is 5. The molecule has 3 heterocycles. The fraction of sp³-hybridized carbons (Fsp3) is 0.583. The zero-order valence-electron chi connectivity index (χ0n) is 20.2. The van der Waals surface area contributed by atoms with E-state index in [1.54, 1.807) is 13.2 Å². The first-order chi connectivity index (χ1) is 16.3. The van der Waals surface area contributed by atoms with Crippen molar-refractivity contribution in [2.24, 2.45) is 5.73 Å². The Morgan fingerprint density at radius 1 is 1.21 bits per heavy atom. The van der Waals surface area contributed by atoms with Crippen molar-refractivity contribution in [2.75, 3.05) is 31.3 Å². The van der Waals surface area contributed by atoms with Crippen LogP contribution in [-0.4, -0.2) is 60.3 Å². The van der Waals surface area contributed by atoms with Gasteiger partial charge in [-0.05, 0) is 37.3 Å². The van der Waals surface area contributed by atoms with Crippen molar-refractivity contribution in [3.05, 3.63) is 29.2 Å². The van der Waals surface area contributed by atoms with Crippen molar-refractivity contribution in [2.45, 2.75) is 69.9 Å². The summed E-state index contributed by atoms with van der Waals surface area (Å²) >= 11 is 0. The number of anilines is 2. The molecule has 0 aromatic heterocycles. The Bertz CT molecular complexity index is 1040. The summed E-state index contributed by atoms with van der Waals surface area (Å²) in [5.74, 6) is -0.321. The summed E-state index contributed by atoms with van der Waals surface area (Å²) in [4.78, 5) is 29.6. The molecule has 0 spiro atoms. The summed E-state index contributed by atoms with van der Waals surface area (Å²) in [6, 6.07) is 4.42. The number of fused-ring (bicyclic) bond motifs is 1. The molecule has 4 aliphatic rings. The minimum Gasteiger partial charge on any atom is -0.495 e. The summed E-state index contributed by atoms with van der Waals surface area (Å²) < 4.78 is 5.58. The van der Waals surface area contributed by atoms with Crippen LogP contribution in [0.5, 0.6) is 5.75 Å². The summed E-state index contributed by atoms with van der Waals surface area (Å²) in [6.07, 6.45) is 6.69. The molecule has 1 unspecified atom stereocenters. The molecule has 1 fully saturated rings. The zero-order chi connectivity index (χ0) is 24.0. The lowest BCUT2D eigenvalue weighted by Crippen LogP contribution is -2.76. The number of benzene rings is 1. The monoisotopic (exact) mass is 469 g/mol. The van der Waals surface area contributed by atoms with E-state index in [1.165, 1.54) is 12.8 Å². The van der Waals surface area contributed by atoms with E-state index in [0.29, 0.717) is 42.1 Å². The van der Waals surface area contributed by atoms with Crippen LogP contribution in [0, 0.1) is 0 Å². The maximum absolute atomic E-state index is 13.3. The molecule has 2 atom stereocenters. The molecule has 1 aliphatic carbocycles. The Kier molecular flexibility index (Phi) is 5.71. The maximum Gasteiger partial charge on any atom is 0.275 e. The fourth-order valence-corrected chi connectivity index (χ4v) is 5.78. The minimum atomic E-state index is -1.41. The molecule has 6 N–H and O–H groups in total. The molecular formula is C24H35N7O3. The molecule has 2 amide bonds. The summed E-state index contributed by atoms with van der Waals surface area (Å²) in [7, 11) is 3.53. The first-order valence-corrected chi connectivity index (χ1v) is 12.2. The van der Waals surface area contributed by atoms with Crippen LogP contribution in [0.2, 0.25) is 0 Å². The van der Waals surface area contributed by atoms with Crippen LogP contribution >= 0.6 is 0 Å². The number of ether oxygens (including phenoxy) is 1. The number of aryl methyl sites for hydroxylation is 1. The second-order valence-electron chi connectivity index (χ2n) is 9.76. The molecular weight excluding hydrogens is 434 g/mol. The molecule has 10 heteroatoms. The Morgan fingerprint density at radius 2 is 1.97 bits per heavy atom. The summed E-state index contributed by atoms with van der Waals surface area (Å²) in [5.41, 5.74) is 9.74. The first kappa shape index (κ1) is 22.6. The number of hydrogen-bond acceptors (Lipinski definition) is 8. The van der Waals surface area contributed by atoms with Crippen LogP contribution in [0.1, 0.15) is 51.0 Å². The maximum atomic E-state index is 13.3. The number of nitrogens with zero attached hydrogens (tertiary/aromatic N) is 2. The van der Waals surface area contributed by atoms with E-state index in [1.807, 2.05) is 18.0 Å². The van der Waals surface area contributed by atoms with Crippen LogP contribution in [-0.2, 0) is 16.0 Å². The van der Waals surface area contributed by atoms with Crippen LogP contribution in [0.3, 0.4) is 0 Å². The van der Waals surface area contributed by atoms with Crippen LogP contribution in [0.4, 0.5) is 11.4 Å². The standard InChI is InChI=1S/C24H35N7O3/c1-4-15-13-30(2)21-22(31(15)16-7-5-6-8-16)28-24(25,29-23(21)33)27-18-11-14-9-10-20(32)26-17(14)12-19(18)34-3/h11-12,15-16,27-28H,4-10,13,25H2,1-3H3,(H,26,32)(H,29,33)/t15?,24-/m1/s1. The highest BCUT2D eigenvalue weighted by atomic mass is 16.5. The van der Waals surface area contributed by atoms with Gasteiger partial charge in [0, 0.05) is 43.9 Å². The van der Waals surface area contributed by atoms with Gasteiger partial charge in [-0.2, -0.15) is 0 Å². The molecule has 1 aromatic carbocycles. The van der Waals surface area contributed by atoms with E-state index in [4.69, 9.17) is 10.5 Å². The number of likely N-dealkylation sites (N-methyl/N-ethyl adjacent to an activating group) is 1. The predicted molar refractivity (Wildman–Crippen MR) is 130 cm³/mol.